The Kier molecular flexibility index (Phi) is 5.04. The molecule has 1 aromatic carbocycles. The molecular formula is C16H21NO2. The molecule has 3 heteroatoms. The fourth-order valence-electron chi connectivity index (χ4n) is 1.92. The van der Waals surface area contributed by atoms with E-state index in [1.165, 1.54) is 0 Å². The van der Waals surface area contributed by atoms with E-state index in [1.54, 1.807) is 6.26 Å². The molecule has 102 valence electrons. The molecule has 3 nitrogen and oxygen atoms in total. The van der Waals surface area contributed by atoms with Gasteiger partial charge in [-0.1, -0.05) is 26.0 Å². The van der Waals surface area contributed by atoms with Crippen LogP contribution in [0.5, 0.6) is 5.75 Å². The lowest BCUT2D eigenvalue weighted by Gasteiger charge is -2.06. The van der Waals surface area contributed by atoms with Crippen molar-refractivity contribution in [1.82, 2.24) is 5.32 Å². The highest BCUT2D eigenvalue weighted by molar-refractivity contribution is 5.66. The van der Waals surface area contributed by atoms with Crippen LogP contribution in [0.15, 0.2) is 41.0 Å². The van der Waals surface area contributed by atoms with E-state index in [0.717, 1.165) is 48.8 Å². The van der Waals surface area contributed by atoms with Gasteiger partial charge in [-0.25, -0.2) is 0 Å². The second kappa shape index (κ2) is 7.00. The largest absolute Gasteiger partial charge is 0.494 e. The fourth-order valence-corrected chi connectivity index (χ4v) is 1.92. The molecule has 1 aromatic heterocycles. The second-order valence-corrected chi connectivity index (χ2v) is 4.41. The van der Waals surface area contributed by atoms with Gasteiger partial charge in [-0.15, -0.1) is 0 Å². The molecule has 1 heterocycles. The molecule has 0 aliphatic heterocycles. The Hall–Kier alpha value is -1.74. The minimum absolute atomic E-state index is 0.757. The number of hydrogen-bond acceptors (Lipinski definition) is 3. The topological polar surface area (TPSA) is 34.4 Å². The Morgan fingerprint density at radius 1 is 1.11 bits per heavy atom. The quantitative estimate of drug-likeness (QED) is 0.820. The van der Waals surface area contributed by atoms with Crippen LogP contribution in [0.3, 0.4) is 0 Å². The van der Waals surface area contributed by atoms with Crippen LogP contribution < -0.4 is 10.1 Å². The molecule has 0 atom stereocenters. The summed E-state index contributed by atoms with van der Waals surface area (Å²) in [5.41, 5.74) is 2.30. The Morgan fingerprint density at radius 2 is 1.89 bits per heavy atom. The molecule has 0 spiro atoms. The van der Waals surface area contributed by atoms with Crippen molar-refractivity contribution in [2.75, 3.05) is 13.2 Å². The van der Waals surface area contributed by atoms with Crippen LogP contribution in [0, 0.1) is 0 Å². The third kappa shape index (κ3) is 3.61. The molecule has 1 N–H and O–H groups in total. The van der Waals surface area contributed by atoms with Crippen molar-refractivity contribution in [2.45, 2.75) is 26.8 Å². The lowest BCUT2D eigenvalue weighted by atomic mass is 10.1. The SMILES string of the molecule is CCCOc1ccc(-c2ccoc2CNCC)cc1. The minimum atomic E-state index is 0.757. The number of nitrogens with one attached hydrogen (secondary N) is 1. The fraction of sp³-hybridized carbons (Fsp3) is 0.375. The number of hydrogen-bond donors (Lipinski definition) is 1. The van der Waals surface area contributed by atoms with Gasteiger partial charge < -0.3 is 14.5 Å². The number of benzene rings is 1. The van der Waals surface area contributed by atoms with E-state index in [9.17, 15) is 0 Å². The zero-order valence-electron chi connectivity index (χ0n) is 11.6. The zero-order chi connectivity index (χ0) is 13.5. The van der Waals surface area contributed by atoms with Crippen LogP contribution in [0.1, 0.15) is 26.0 Å². The molecule has 0 saturated heterocycles. The maximum Gasteiger partial charge on any atom is 0.125 e. The first-order valence-electron chi connectivity index (χ1n) is 6.85. The summed E-state index contributed by atoms with van der Waals surface area (Å²) < 4.78 is 11.1. The average molecular weight is 259 g/mol. The van der Waals surface area contributed by atoms with E-state index in [2.05, 4.69) is 31.3 Å². The van der Waals surface area contributed by atoms with Gasteiger partial charge in [0, 0.05) is 5.56 Å². The Morgan fingerprint density at radius 3 is 2.58 bits per heavy atom. The molecule has 0 unspecified atom stereocenters. The van der Waals surface area contributed by atoms with Crippen molar-refractivity contribution in [2.24, 2.45) is 0 Å². The van der Waals surface area contributed by atoms with Gasteiger partial charge in [0.05, 0.1) is 19.4 Å². The number of furan rings is 1. The van der Waals surface area contributed by atoms with Crippen molar-refractivity contribution in [3.8, 4) is 16.9 Å². The van der Waals surface area contributed by atoms with Gasteiger partial charge in [-0.2, -0.15) is 0 Å². The molecule has 0 saturated carbocycles. The first-order chi connectivity index (χ1) is 9.35. The smallest absolute Gasteiger partial charge is 0.125 e. The highest BCUT2D eigenvalue weighted by Crippen LogP contribution is 2.26. The van der Waals surface area contributed by atoms with Crippen LogP contribution in [0.2, 0.25) is 0 Å². The highest BCUT2D eigenvalue weighted by Gasteiger charge is 2.08. The maximum absolute atomic E-state index is 5.59. The van der Waals surface area contributed by atoms with Crippen LogP contribution in [0.25, 0.3) is 11.1 Å². The third-order valence-corrected chi connectivity index (χ3v) is 2.92. The van der Waals surface area contributed by atoms with Gasteiger partial charge in [-0.3, -0.25) is 0 Å². The van der Waals surface area contributed by atoms with Gasteiger partial charge in [-0.05, 0) is 36.7 Å². The second-order valence-electron chi connectivity index (χ2n) is 4.41. The highest BCUT2D eigenvalue weighted by atomic mass is 16.5. The zero-order valence-corrected chi connectivity index (χ0v) is 11.6. The predicted octanol–water partition coefficient (Wildman–Crippen LogP) is 3.84. The van der Waals surface area contributed by atoms with E-state index in [-0.39, 0.29) is 0 Å². The molecule has 2 aromatic rings. The van der Waals surface area contributed by atoms with Gasteiger partial charge in [0.25, 0.3) is 0 Å². The first-order valence-corrected chi connectivity index (χ1v) is 6.85. The van der Waals surface area contributed by atoms with Crippen molar-refractivity contribution in [3.63, 3.8) is 0 Å². The van der Waals surface area contributed by atoms with Crippen molar-refractivity contribution in [1.29, 1.82) is 0 Å². The summed E-state index contributed by atoms with van der Waals surface area (Å²) in [6, 6.07) is 10.2. The molecule has 0 aliphatic rings. The number of ether oxygens (including phenoxy) is 1. The Bertz CT molecular complexity index is 488. The van der Waals surface area contributed by atoms with Crippen LogP contribution >= 0.6 is 0 Å². The van der Waals surface area contributed by atoms with Gasteiger partial charge in [0.15, 0.2) is 0 Å². The summed E-state index contributed by atoms with van der Waals surface area (Å²) in [5.74, 6) is 1.89. The van der Waals surface area contributed by atoms with E-state index in [4.69, 9.17) is 9.15 Å². The maximum atomic E-state index is 5.59. The minimum Gasteiger partial charge on any atom is -0.494 e. The van der Waals surface area contributed by atoms with Crippen molar-refractivity contribution >= 4 is 0 Å². The Labute approximate surface area is 114 Å². The van der Waals surface area contributed by atoms with E-state index in [1.807, 2.05) is 18.2 Å². The predicted molar refractivity (Wildman–Crippen MR) is 77.3 cm³/mol. The standard InChI is InChI=1S/C16H21NO2/c1-3-10-18-14-7-5-13(6-8-14)15-9-11-19-16(15)12-17-4-2/h5-9,11,17H,3-4,10,12H2,1-2H3. The molecule has 19 heavy (non-hydrogen) atoms. The summed E-state index contributed by atoms with van der Waals surface area (Å²) in [5, 5.41) is 3.28. The average Bonchev–Trinajstić information content (AvgIpc) is 2.92. The van der Waals surface area contributed by atoms with Crippen LogP contribution in [-0.2, 0) is 6.54 Å². The van der Waals surface area contributed by atoms with E-state index < -0.39 is 0 Å². The summed E-state index contributed by atoms with van der Waals surface area (Å²) in [7, 11) is 0. The van der Waals surface area contributed by atoms with E-state index >= 15 is 0 Å². The van der Waals surface area contributed by atoms with Gasteiger partial charge >= 0.3 is 0 Å². The normalized spacial score (nSPS) is 10.6. The van der Waals surface area contributed by atoms with Crippen LogP contribution in [0.4, 0.5) is 0 Å². The van der Waals surface area contributed by atoms with Crippen LogP contribution in [-0.4, -0.2) is 13.2 Å². The lowest BCUT2D eigenvalue weighted by Crippen LogP contribution is -2.11. The van der Waals surface area contributed by atoms with Crippen molar-refractivity contribution < 1.29 is 9.15 Å². The van der Waals surface area contributed by atoms with Crippen molar-refractivity contribution in [3.05, 3.63) is 42.4 Å². The summed E-state index contributed by atoms with van der Waals surface area (Å²) in [6.07, 6.45) is 2.76. The molecule has 0 radical (unpaired) electrons. The monoisotopic (exact) mass is 259 g/mol. The van der Waals surface area contributed by atoms with Gasteiger partial charge in [0.1, 0.15) is 11.5 Å². The molecule has 2 rings (SSSR count). The van der Waals surface area contributed by atoms with Gasteiger partial charge in [0.2, 0.25) is 0 Å². The first kappa shape index (κ1) is 13.7. The Balaban J connectivity index is 2.11. The third-order valence-electron chi connectivity index (χ3n) is 2.92. The van der Waals surface area contributed by atoms with E-state index in [0.29, 0.717) is 0 Å². The lowest BCUT2D eigenvalue weighted by molar-refractivity contribution is 0.317. The molecule has 0 amide bonds. The molecular weight excluding hydrogens is 238 g/mol. The molecule has 0 bridgehead atoms. The molecule has 0 aliphatic carbocycles. The summed E-state index contributed by atoms with van der Waals surface area (Å²) >= 11 is 0. The number of rotatable bonds is 7. The summed E-state index contributed by atoms with van der Waals surface area (Å²) in [4.78, 5) is 0. The summed E-state index contributed by atoms with van der Waals surface area (Å²) in [6.45, 7) is 6.64. The molecule has 0 fully saturated rings.